The molecule has 80 valence electrons. The predicted octanol–water partition coefficient (Wildman–Crippen LogP) is 3.06. The average molecular weight is 440 g/mol. The first-order chi connectivity index (χ1) is 6.83. The largest absolute Gasteiger partial charge is 0.573 e. The van der Waals surface area contributed by atoms with E-state index in [9.17, 15) is 13.2 Å². The molecule has 0 unspecified atom stereocenters. The van der Waals surface area contributed by atoms with Gasteiger partial charge in [0.1, 0.15) is 19.0 Å². The van der Waals surface area contributed by atoms with Crippen LogP contribution in [0.25, 0.3) is 0 Å². The lowest BCUT2D eigenvalue weighted by molar-refractivity contribution is -0.274. The Morgan fingerprint density at radius 1 is 1.40 bits per heavy atom. The van der Waals surface area contributed by atoms with E-state index >= 15 is 0 Å². The molecule has 0 saturated heterocycles. The third-order valence-electron chi connectivity index (χ3n) is 1.25. The molecule has 0 spiro atoms. The van der Waals surface area contributed by atoms with Crippen molar-refractivity contribution >= 4 is 45.2 Å². The number of ether oxygens (including phenoxy) is 1. The van der Waals surface area contributed by atoms with Crippen molar-refractivity contribution in [2.45, 2.75) is 6.36 Å². The van der Waals surface area contributed by atoms with E-state index in [0.29, 0.717) is 3.70 Å². The lowest BCUT2D eigenvalue weighted by Gasteiger charge is -2.10. The van der Waals surface area contributed by atoms with Crippen LogP contribution in [0.1, 0.15) is 5.56 Å². The van der Waals surface area contributed by atoms with Crippen molar-refractivity contribution in [1.29, 1.82) is 5.26 Å². The van der Waals surface area contributed by atoms with Crippen LogP contribution in [0.3, 0.4) is 0 Å². The van der Waals surface area contributed by atoms with E-state index < -0.39 is 12.1 Å². The zero-order chi connectivity index (χ0) is 11.6. The Morgan fingerprint density at radius 2 is 2.00 bits per heavy atom. The van der Waals surface area contributed by atoms with Crippen LogP contribution in [0.2, 0.25) is 0 Å². The monoisotopic (exact) mass is 440 g/mol. The smallest absolute Gasteiger partial charge is 0.404 e. The second kappa shape index (κ2) is 4.69. The Hall–Kier alpha value is -0.310. The van der Waals surface area contributed by atoms with Crippen molar-refractivity contribution in [2.24, 2.45) is 0 Å². The molecule has 1 heterocycles. The number of hydrogen-bond acceptors (Lipinski definition) is 3. The Kier molecular flexibility index (Phi) is 3.99. The molecule has 1 aromatic heterocycles. The molecule has 15 heavy (non-hydrogen) atoms. The fraction of sp³-hybridized carbons (Fsp3) is 0.143. The van der Waals surface area contributed by atoms with E-state index in [0.717, 1.165) is 6.07 Å². The predicted molar refractivity (Wildman–Crippen MR) is 61.1 cm³/mol. The van der Waals surface area contributed by atoms with Gasteiger partial charge in [0.05, 0.1) is 0 Å². The second-order valence-corrected chi connectivity index (χ2v) is 4.40. The van der Waals surface area contributed by atoms with Crippen LogP contribution in [-0.4, -0.2) is 11.3 Å². The molecular weight excluding hydrogens is 439 g/mol. The Morgan fingerprint density at radius 3 is 2.47 bits per heavy atom. The maximum absolute atomic E-state index is 12.0. The highest BCUT2D eigenvalue weighted by Gasteiger charge is 2.33. The molecule has 3 nitrogen and oxygen atoms in total. The fourth-order valence-corrected chi connectivity index (χ4v) is 2.40. The highest BCUT2D eigenvalue weighted by molar-refractivity contribution is 14.1. The van der Waals surface area contributed by atoms with E-state index in [1.165, 1.54) is 0 Å². The second-order valence-electron chi connectivity index (χ2n) is 2.27. The number of aromatic nitrogens is 1. The number of nitrogens with zero attached hydrogens (tertiary/aromatic N) is 2. The number of rotatable bonds is 1. The van der Waals surface area contributed by atoms with Gasteiger partial charge in [-0.15, -0.1) is 13.2 Å². The van der Waals surface area contributed by atoms with Crippen LogP contribution >= 0.6 is 45.2 Å². The first kappa shape index (κ1) is 12.8. The Balaban J connectivity index is 3.23. The summed E-state index contributed by atoms with van der Waals surface area (Å²) in [4.78, 5) is 3.84. The van der Waals surface area contributed by atoms with Crippen LogP contribution in [0.15, 0.2) is 6.07 Å². The summed E-state index contributed by atoms with van der Waals surface area (Å²) in [6, 6.07) is 2.68. The molecular formula is C7HF3I2N2O. The van der Waals surface area contributed by atoms with Gasteiger partial charge in [0, 0.05) is 6.07 Å². The van der Waals surface area contributed by atoms with Gasteiger partial charge in [0.2, 0.25) is 0 Å². The summed E-state index contributed by atoms with van der Waals surface area (Å²) in [5, 5.41) is 8.64. The van der Waals surface area contributed by atoms with Gasteiger partial charge in [0.15, 0.2) is 5.75 Å². The number of pyridine rings is 1. The van der Waals surface area contributed by atoms with Crippen LogP contribution in [-0.2, 0) is 0 Å². The number of nitriles is 1. The first-order valence-corrected chi connectivity index (χ1v) is 5.51. The van der Waals surface area contributed by atoms with Gasteiger partial charge >= 0.3 is 6.36 Å². The van der Waals surface area contributed by atoms with Gasteiger partial charge in [-0.1, -0.05) is 0 Å². The van der Waals surface area contributed by atoms with Gasteiger partial charge in [-0.2, -0.15) is 5.26 Å². The molecule has 0 atom stereocenters. The molecule has 0 bridgehead atoms. The van der Waals surface area contributed by atoms with Crippen molar-refractivity contribution in [3.8, 4) is 11.8 Å². The Bertz CT molecular complexity index is 427. The van der Waals surface area contributed by atoms with Crippen LogP contribution in [0.5, 0.6) is 5.75 Å². The SMILES string of the molecule is N#Cc1c(OC(F)(F)F)cc(I)nc1I. The molecule has 0 N–H and O–H groups in total. The van der Waals surface area contributed by atoms with Crippen LogP contribution < -0.4 is 4.74 Å². The topological polar surface area (TPSA) is 45.9 Å². The number of halogens is 5. The minimum Gasteiger partial charge on any atom is -0.404 e. The van der Waals surface area contributed by atoms with E-state index in [1.54, 1.807) is 51.3 Å². The molecule has 0 aliphatic carbocycles. The molecule has 1 rings (SSSR count). The zero-order valence-corrected chi connectivity index (χ0v) is 11.1. The van der Waals surface area contributed by atoms with Gasteiger partial charge in [-0.3, -0.25) is 0 Å². The maximum Gasteiger partial charge on any atom is 0.573 e. The third kappa shape index (κ3) is 3.63. The van der Waals surface area contributed by atoms with E-state index in [1.807, 2.05) is 0 Å². The summed E-state index contributed by atoms with van der Waals surface area (Å²) in [5.41, 5.74) is -0.214. The summed E-state index contributed by atoms with van der Waals surface area (Å²) < 4.78 is 40.1. The molecule has 0 aliphatic heterocycles. The summed E-state index contributed by atoms with van der Waals surface area (Å²) in [5.74, 6) is -0.520. The van der Waals surface area contributed by atoms with Gasteiger partial charge < -0.3 is 4.74 Å². The van der Waals surface area contributed by atoms with Crippen molar-refractivity contribution < 1.29 is 17.9 Å². The molecule has 0 amide bonds. The van der Waals surface area contributed by atoms with Crippen molar-refractivity contribution in [3.63, 3.8) is 0 Å². The summed E-state index contributed by atoms with van der Waals surface area (Å²) in [6.07, 6.45) is -4.81. The fourth-order valence-electron chi connectivity index (χ4n) is 0.770. The lowest BCUT2D eigenvalue weighted by Crippen LogP contribution is -2.18. The molecule has 1 aromatic rings. The minimum atomic E-state index is -4.81. The van der Waals surface area contributed by atoms with Gasteiger partial charge in [-0.25, -0.2) is 4.98 Å². The van der Waals surface area contributed by atoms with E-state index in [-0.39, 0.29) is 9.26 Å². The van der Waals surface area contributed by atoms with E-state index in [4.69, 9.17) is 5.26 Å². The number of hydrogen-bond donors (Lipinski definition) is 0. The molecule has 0 fully saturated rings. The summed E-state index contributed by atoms with van der Waals surface area (Å²) in [6.45, 7) is 0. The summed E-state index contributed by atoms with van der Waals surface area (Å²) >= 11 is 3.42. The first-order valence-electron chi connectivity index (χ1n) is 3.35. The van der Waals surface area contributed by atoms with Crippen molar-refractivity contribution in [2.75, 3.05) is 0 Å². The van der Waals surface area contributed by atoms with Gasteiger partial charge in [0.25, 0.3) is 0 Å². The average Bonchev–Trinajstić information content (AvgIpc) is 1.99. The van der Waals surface area contributed by atoms with Crippen molar-refractivity contribution in [1.82, 2.24) is 4.98 Å². The van der Waals surface area contributed by atoms with Crippen LogP contribution in [0.4, 0.5) is 13.2 Å². The van der Waals surface area contributed by atoms with E-state index in [2.05, 4.69) is 9.72 Å². The maximum atomic E-state index is 12.0. The molecule has 0 aromatic carbocycles. The molecule has 0 radical (unpaired) electrons. The number of alkyl halides is 3. The highest BCUT2D eigenvalue weighted by Crippen LogP contribution is 2.29. The van der Waals surface area contributed by atoms with Gasteiger partial charge in [-0.05, 0) is 45.2 Å². The third-order valence-corrected chi connectivity index (χ3v) is 2.58. The quantitative estimate of drug-likeness (QED) is 0.499. The minimum absolute atomic E-state index is 0.182. The molecule has 0 aliphatic rings. The summed E-state index contributed by atoms with van der Waals surface area (Å²) in [7, 11) is 0. The van der Waals surface area contributed by atoms with Crippen molar-refractivity contribution in [3.05, 3.63) is 19.0 Å². The standard InChI is InChI=1S/C7HF3I2N2O/c8-7(9,10)15-4-1-5(11)14-6(12)3(4)2-13/h1H. The molecule has 8 heteroatoms. The highest BCUT2D eigenvalue weighted by atomic mass is 127. The van der Waals surface area contributed by atoms with Crippen LogP contribution in [0, 0.1) is 18.7 Å². The lowest BCUT2D eigenvalue weighted by atomic mass is 10.3. The molecule has 0 saturated carbocycles. The normalized spacial score (nSPS) is 10.9. The Labute approximate surface area is 110 Å². The zero-order valence-electron chi connectivity index (χ0n) is 6.77.